The molecule has 0 aliphatic rings. The number of halogens is 1. The Morgan fingerprint density at radius 1 is 1.61 bits per heavy atom. The van der Waals surface area contributed by atoms with Gasteiger partial charge in [-0.2, -0.15) is 0 Å². The van der Waals surface area contributed by atoms with Crippen molar-refractivity contribution in [1.29, 1.82) is 0 Å². The monoisotopic (exact) mass is 269 g/mol. The summed E-state index contributed by atoms with van der Waals surface area (Å²) in [6.07, 6.45) is 5.80. The third kappa shape index (κ3) is 5.16. The molecule has 0 aromatic carbocycles. The summed E-state index contributed by atoms with van der Waals surface area (Å²) in [5, 5.41) is 12.0. The van der Waals surface area contributed by atoms with Gasteiger partial charge in [0.2, 0.25) is 0 Å². The average Bonchev–Trinajstić information content (AvgIpc) is 2.33. The predicted molar refractivity (Wildman–Crippen MR) is 71.9 cm³/mol. The second kappa shape index (κ2) is 7.68. The largest absolute Gasteiger partial charge is 0.478 e. The van der Waals surface area contributed by atoms with Crippen LogP contribution in [-0.2, 0) is 11.2 Å². The lowest BCUT2D eigenvalue weighted by atomic mass is 10.1. The first-order valence-corrected chi connectivity index (χ1v) is 5.99. The number of pyridine rings is 1. The lowest BCUT2D eigenvalue weighted by Gasteiger charge is -2.07. The number of hydrogen-bond acceptors (Lipinski definition) is 4. The highest BCUT2D eigenvalue weighted by atomic mass is 35.5. The molecule has 18 heavy (non-hydrogen) atoms. The molecule has 0 spiro atoms. The molecule has 0 bridgehead atoms. The summed E-state index contributed by atoms with van der Waals surface area (Å²) in [5.74, 6) is -0.320. The first kappa shape index (κ1) is 14.5. The minimum atomic E-state index is -0.938. The van der Waals surface area contributed by atoms with E-state index in [4.69, 9.17) is 22.4 Å². The van der Waals surface area contributed by atoms with Gasteiger partial charge in [0, 0.05) is 25.4 Å². The number of hydrogen-bond donors (Lipinski definition) is 3. The molecular weight excluding hydrogens is 254 g/mol. The van der Waals surface area contributed by atoms with Crippen LogP contribution in [0, 0.1) is 0 Å². The molecule has 1 aromatic rings. The number of carboxylic acid groups (broad SMARTS) is 1. The number of nitrogens with one attached hydrogen (secondary N) is 1. The normalized spacial score (nSPS) is 10.8. The minimum Gasteiger partial charge on any atom is -0.478 e. The van der Waals surface area contributed by atoms with Gasteiger partial charge in [-0.05, 0) is 24.5 Å². The van der Waals surface area contributed by atoms with Crippen molar-refractivity contribution in [2.75, 3.05) is 18.4 Å². The lowest BCUT2D eigenvalue weighted by molar-refractivity contribution is -0.131. The summed E-state index contributed by atoms with van der Waals surface area (Å²) in [4.78, 5) is 14.5. The van der Waals surface area contributed by atoms with Gasteiger partial charge in [-0.1, -0.05) is 17.7 Å². The molecule has 0 atom stereocenters. The molecule has 0 unspecified atom stereocenters. The molecule has 0 saturated carbocycles. The number of nitrogens with zero attached hydrogens (tertiary/aromatic N) is 1. The Kier molecular flexibility index (Phi) is 6.18. The van der Waals surface area contributed by atoms with E-state index in [1.165, 1.54) is 0 Å². The third-order valence-corrected chi connectivity index (χ3v) is 2.48. The van der Waals surface area contributed by atoms with E-state index in [9.17, 15) is 4.79 Å². The molecule has 0 aliphatic carbocycles. The van der Waals surface area contributed by atoms with Gasteiger partial charge in [-0.3, -0.25) is 0 Å². The molecule has 1 aromatic heterocycles. The molecule has 98 valence electrons. The van der Waals surface area contributed by atoms with E-state index in [2.05, 4.69) is 10.3 Å². The molecule has 6 heteroatoms. The second-order valence-electron chi connectivity index (χ2n) is 3.67. The van der Waals surface area contributed by atoms with E-state index < -0.39 is 5.97 Å². The average molecular weight is 270 g/mol. The second-order valence-corrected chi connectivity index (χ2v) is 4.08. The van der Waals surface area contributed by atoms with Gasteiger partial charge >= 0.3 is 5.97 Å². The highest BCUT2D eigenvalue weighted by molar-refractivity contribution is 6.32. The molecule has 1 rings (SSSR count). The molecule has 0 aliphatic heterocycles. The van der Waals surface area contributed by atoms with Gasteiger partial charge < -0.3 is 16.2 Å². The number of aliphatic carboxylic acids is 1. The van der Waals surface area contributed by atoms with Crippen molar-refractivity contribution in [2.24, 2.45) is 5.73 Å². The quantitative estimate of drug-likeness (QED) is 0.656. The van der Waals surface area contributed by atoms with E-state index in [1.54, 1.807) is 12.3 Å². The fourth-order valence-corrected chi connectivity index (χ4v) is 1.62. The summed E-state index contributed by atoms with van der Waals surface area (Å²) in [6.45, 7) is 1.13. The first-order chi connectivity index (χ1) is 8.63. The number of allylic oxidation sites excluding steroid dienone is 1. The van der Waals surface area contributed by atoms with Crippen molar-refractivity contribution in [3.63, 3.8) is 0 Å². The van der Waals surface area contributed by atoms with Crippen molar-refractivity contribution in [1.82, 2.24) is 4.98 Å². The standard InChI is InChI=1S/C12H16ClN3O2/c13-10-7-9(3-1-2-4-11(17)18)8-16-12(10)15-6-5-14/h2,4,7-8H,1,3,5-6,14H2,(H,15,16)(H,17,18)/b4-2+. The van der Waals surface area contributed by atoms with Crippen LogP contribution in [-0.4, -0.2) is 29.1 Å². The highest BCUT2D eigenvalue weighted by Crippen LogP contribution is 2.20. The summed E-state index contributed by atoms with van der Waals surface area (Å²) in [6, 6.07) is 1.82. The zero-order valence-corrected chi connectivity index (χ0v) is 10.7. The van der Waals surface area contributed by atoms with Crippen molar-refractivity contribution in [2.45, 2.75) is 12.8 Å². The maximum atomic E-state index is 10.3. The lowest BCUT2D eigenvalue weighted by Crippen LogP contribution is -2.14. The van der Waals surface area contributed by atoms with Crippen LogP contribution in [0.15, 0.2) is 24.4 Å². The van der Waals surface area contributed by atoms with Crippen molar-refractivity contribution < 1.29 is 9.90 Å². The van der Waals surface area contributed by atoms with Crippen LogP contribution in [0.3, 0.4) is 0 Å². The molecule has 5 nitrogen and oxygen atoms in total. The minimum absolute atomic E-state index is 0.514. The van der Waals surface area contributed by atoms with Crippen LogP contribution >= 0.6 is 11.6 Å². The Hall–Kier alpha value is -1.59. The van der Waals surface area contributed by atoms with Gasteiger partial charge in [-0.25, -0.2) is 9.78 Å². The van der Waals surface area contributed by atoms with Crippen LogP contribution < -0.4 is 11.1 Å². The van der Waals surface area contributed by atoms with Crippen molar-refractivity contribution >= 4 is 23.4 Å². The van der Waals surface area contributed by atoms with Gasteiger partial charge in [0.05, 0.1) is 5.02 Å². The smallest absolute Gasteiger partial charge is 0.327 e. The molecule has 4 N–H and O–H groups in total. The van der Waals surface area contributed by atoms with Gasteiger partial charge in [0.1, 0.15) is 5.82 Å². The van der Waals surface area contributed by atoms with E-state index in [0.717, 1.165) is 11.6 Å². The Morgan fingerprint density at radius 2 is 2.39 bits per heavy atom. The summed E-state index contributed by atoms with van der Waals surface area (Å²) >= 11 is 6.05. The van der Waals surface area contributed by atoms with Crippen LogP contribution in [0.25, 0.3) is 0 Å². The number of aryl methyl sites for hydroxylation is 1. The number of nitrogens with two attached hydrogens (primary N) is 1. The van der Waals surface area contributed by atoms with E-state index in [1.807, 2.05) is 6.07 Å². The molecule has 0 radical (unpaired) electrons. The molecular formula is C12H16ClN3O2. The maximum absolute atomic E-state index is 10.3. The Balaban J connectivity index is 2.53. The topological polar surface area (TPSA) is 88.2 Å². The zero-order chi connectivity index (χ0) is 13.4. The Labute approximate surface area is 111 Å². The summed E-state index contributed by atoms with van der Waals surface area (Å²) in [7, 11) is 0. The first-order valence-electron chi connectivity index (χ1n) is 5.61. The Morgan fingerprint density at radius 3 is 3.00 bits per heavy atom. The SMILES string of the molecule is NCCNc1ncc(CC/C=C/C(=O)O)cc1Cl. The van der Waals surface area contributed by atoms with Gasteiger partial charge in [-0.15, -0.1) is 0 Å². The Bertz CT molecular complexity index is 435. The van der Waals surface area contributed by atoms with Gasteiger partial charge in [0.15, 0.2) is 0 Å². The van der Waals surface area contributed by atoms with E-state index >= 15 is 0 Å². The van der Waals surface area contributed by atoms with Crippen molar-refractivity contribution in [3.05, 3.63) is 35.0 Å². The molecule has 0 amide bonds. The fraction of sp³-hybridized carbons (Fsp3) is 0.333. The zero-order valence-electron chi connectivity index (χ0n) is 9.90. The number of rotatable bonds is 7. The summed E-state index contributed by atoms with van der Waals surface area (Å²) < 4.78 is 0. The van der Waals surface area contributed by atoms with E-state index in [-0.39, 0.29) is 0 Å². The van der Waals surface area contributed by atoms with Crippen LogP contribution in [0.2, 0.25) is 5.02 Å². The predicted octanol–water partition coefficient (Wildman–Crippen LogP) is 1.68. The highest BCUT2D eigenvalue weighted by Gasteiger charge is 2.02. The number of anilines is 1. The van der Waals surface area contributed by atoms with E-state index in [0.29, 0.717) is 36.8 Å². The molecule has 0 fully saturated rings. The molecule has 1 heterocycles. The number of carbonyl (C=O) groups is 1. The van der Waals surface area contributed by atoms with Crippen LogP contribution in [0.1, 0.15) is 12.0 Å². The van der Waals surface area contributed by atoms with Crippen molar-refractivity contribution in [3.8, 4) is 0 Å². The fourth-order valence-electron chi connectivity index (χ4n) is 1.37. The van der Waals surface area contributed by atoms with Crippen LogP contribution in [0.5, 0.6) is 0 Å². The third-order valence-electron chi connectivity index (χ3n) is 2.19. The summed E-state index contributed by atoms with van der Waals surface area (Å²) in [5.41, 5.74) is 6.34. The van der Waals surface area contributed by atoms with Gasteiger partial charge in [0.25, 0.3) is 0 Å². The number of carboxylic acids is 1. The molecule has 0 saturated heterocycles. The van der Waals surface area contributed by atoms with Crippen LogP contribution in [0.4, 0.5) is 5.82 Å². The number of aromatic nitrogens is 1. The maximum Gasteiger partial charge on any atom is 0.327 e.